The van der Waals surface area contributed by atoms with Gasteiger partial charge in [-0.05, 0) is 54.4 Å². The first kappa shape index (κ1) is 32.4. The first-order valence-corrected chi connectivity index (χ1v) is 15.9. The fourth-order valence-electron chi connectivity index (χ4n) is 4.66. The first-order valence-electron chi connectivity index (χ1n) is 13.3. The van der Waals surface area contributed by atoms with E-state index in [1.54, 1.807) is 55.5 Å². The number of amides is 2. The largest absolute Gasteiger partial charge is 0.357 e. The highest BCUT2D eigenvalue weighted by atomic mass is 35.5. The summed E-state index contributed by atoms with van der Waals surface area (Å²) in [5.41, 5.74) is 2.06. The van der Waals surface area contributed by atoms with Crippen LogP contribution in [0.25, 0.3) is 0 Å². The number of sulfonamides is 1. The Hall–Kier alpha value is -3.56. The van der Waals surface area contributed by atoms with Crippen molar-refractivity contribution in [3.8, 4) is 0 Å². The number of hydrogen-bond acceptors (Lipinski definition) is 4. The van der Waals surface area contributed by atoms with Gasteiger partial charge in [0.25, 0.3) is 10.0 Å². The molecule has 224 valence electrons. The number of nitrogens with one attached hydrogen (secondary N) is 1. The second kappa shape index (κ2) is 14.3. The van der Waals surface area contributed by atoms with Gasteiger partial charge in [0.2, 0.25) is 11.8 Å². The lowest BCUT2D eigenvalue weighted by atomic mass is 10.0. The normalized spacial score (nSPS) is 11.9. The maximum atomic E-state index is 14.4. The van der Waals surface area contributed by atoms with E-state index in [0.29, 0.717) is 26.2 Å². The molecule has 4 aromatic rings. The van der Waals surface area contributed by atoms with E-state index in [1.165, 1.54) is 30.1 Å². The van der Waals surface area contributed by atoms with E-state index in [-0.39, 0.29) is 23.5 Å². The van der Waals surface area contributed by atoms with Gasteiger partial charge in [-0.15, -0.1) is 0 Å². The van der Waals surface area contributed by atoms with E-state index in [2.05, 4.69) is 5.32 Å². The van der Waals surface area contributed by atoms with Gasteiger partial charge < -0.3 is 10.2 Å². The van der Waals surface area contributed by atoms with Crippen LogP contribution in [0.3, 0.4) is 0 Å². The molecule has 0 aliphatic carbocycles. The van der Waals surface area contributed by atoms with Crippen LogP contribution in [0.4, 0.5) is 5.69 Å². The van der Waals surface area contributed by atoms with Crippen molar-refractivity contribution < 1.29 is 18.0 Å². The second-order valence-corrected chi connectivity index (χ2v) is 12.9. The molecule has 1 atom stereocenters. The van der Waals surface area contributed by atoms with Crippen LogP contribution in [0.2, 0.25) is 15.1 Å². The van der Waals surface area contributed by atoms with Crippen molar-refractivity contribution in [3.63, 3.8) is 0 Å². The van der Waals surface area contributed by atoms with Crippen LogP contribution in [0.1, 0.15) is 16.7 Å². The van der Waals surface area contributed by atoms with Crippen molar-refractivity contribution in [2.24, 2.45) is 0 Å². The van der Waals surface area contributed by atoms with Crippen LogP contribution in [-0.4, -0.2) is 44.8 Å². The molecule has 0 heterocycles. The molecule has 7 nitrogen and oxygen atoms in total. The highest BCUT2D eigenvalue weighted by Gasteiger charge is 2.35. The molecule has 0 bridgehead atoms. The Morgan fingerprint density at radius 3 is 2.05 bits per heavy atom. The van der Waals surface area contributed by atoms with Gasteiger partial charge in [0, 0.05) is 40.6 Å². The molecule has 2 amide bonds. The number of carbonyl (C=O) groups excluding carboxylic acids is 2. The second-order valence-electron chi connectivity index (χ2n) is 9.80. The number of likely N-dealkylation sites (N-methyl/N-ethyl adjacent to an activating group) is 1. The van der Waals surface area contributed by atoms with Gasteiger partial charge in [-0.1, -0.05) is 95.5 Å². The summed E-state index contributed by atoms with van der Waals surface area (Å²) in [4.78, 5) is 29.1. The number of hydrogen-bond donors (Lipinski definition) is 1. The van der Waals surface area contributed by atoms with Gasteiger partial charge >= 0.3 is 0 Å². The van der Waals surface area contributed by atoms with E-state index < -0.39 is 34.4 Å². The van der Waals surface area contributed by atoms with Crippen molar-refractivity contribution >= 4 is 62.3 Å². The summed E-state index contributed by atoms with van der Waals surface area (Å²) in [6.07, 6.45) is 0.163. The molecular weight excluding hydrogens is 629 g/mol. The Labute approximate surface area is 267 Å². The van der Waals surface area contributed by atoms with Crippen molar-refractivity contribution in [1.29, 1.82) is 0 Å². The third-order valence-corrected chi connectivity index (χ3v) is 9.67. The summed E-state index contributed by atoms with van der Waals surface area (Å²) in [5, 5.41) is 3.56. The van der Waals surface area contributed by atoms with Gasteiger partial charge in [-0.2, -0.15) is 0 Å². The molecule has 0 aliphatic heterocycles. The lowest BCUT2D eigenvalue weighted by molar-refractivity contribution is -0.139. The summed E-state index contributed by atoms with van der Waals surface area (Å²) >= 11 is 19.3. The van der Waals surface area contributed by atoms with Gasteiger partial charge in [0.1, 0.15) is 12.6 Å². The SMILES string of the molecule is CNC(=O)C(Cc1ccccc1)N(Cc1c(Cl)cccc1Cl)C(=O)CN(c1cc(Cl)ccc1C)S(=O)(=O)c1ccccc1. The Kier molecular flexibility index (Phi) is 10.7. The Morgan fingerprint density at radius 2 is 1.44 bits per heavy atom. The minimum absolute atomic E-state index is 0.00462. The van der Waals surface area contributed by atoms with E-state index in [1.807, 2.05) is 30.3 Å². The van der Waals surface area contributed by atoms with Gasteiger partial charge in [0.15, 0.2) is 0 Å². The van der Waals surface area contributed by atoms with Crippen LogP contribution in [0.15, 0.2) is 102 Å². The number of nitrogens with zero attached hydrogens (tertiary/aromatic N) is 2. The minimum atomic E-state index is -4.25. The molecule has 1 N–H and O–H groups in total. The molecule has 0 fully saturated rings. The third kappa shape index (κ3) is 7.70. The highest BCUT2D eigenvalue weighted by Crippen LogP contribution is 2.31. The number of rotatable bonds is 11. The third-order valence-electron chi connectivity index (χ3n) is 6.96. The summed E-state index contributed by atoms with van der Waals surface area (Å²) in [7, 11) is -2.77. The molecule has 0 spiro atoms. The molecule has 0 radical (unpaired) electrons. The number of anilines is 1. The van der Waals surface area contributed by atoms with Gasteiger partial charge in [0.05, 0.1) is 10.6 Å². The summed E-state index contributed by atoms with van der Waals surface area (Å²) in [6.45, 7) is 0.965. The topological polar surface area (TPSA) is 86.8 Å². The standard InChI is InChI=1S/C32H30Cl3N3O4S/c1-22-16-17-24(33)19-29(22)38(43(41,42)25-12-7-4-8-13-25)21-31(39)37(20-26-27(34)14-9-15-28(26)35)30(32(40)36-2)18-23-10-5-3-6-11-23/h3-17,19,30H,18,20-21H2,1-2H3,(H,36,40). The molecule has 0 saturated carbocycles. The fraction of sp³-hybridized carbons (Fsp3) is 0.188. The molecule has 1 unspecified atom stereocenters. The average molecular weight is 659 g/mol. The van der Waals surface area contributed by atoms with Crippen LogP contribution in [0.5, 0.6) is 0 Å². The number of benzene rings is 4. The van der Waals surface area contributed by atoms with Crippen LogP contribution >= 0.6 is 34.8 Å². The van der Waals surface area contributed by atoms with E-state index in [0.717, 1.165) is 9.87 Å². The highest BCUT2D eigenvalue weighted by molar-refractivity contribution is 7.92. The predicted octanol–water partition coefficient (Wildman–Crippen LogP) is 6.54. The van der Waals surface area contributed by atoms with Crippen molar-refractivity contribution in [3.05, 3.63) is 129 Å². The Morgan fingerprint density at radius 1 is 0.837 bits per heavy atom. The molecule has 0 saturated heterocycles. The van der Waals surface area contributed by atoms with Crippen LogP contribution < -0.4 is 9.62 Å². The Bertz CT molecular complexity index is 1680. The summed E-state index contributed by atoms with van der Waals surface area (Å²) in [6, 6.07) is 25.8. The van der Waals surface area contributed by atoms with Crippen molar-refractivity contribution in [2.45, 2.75) is 30.8 Å². The number of carbonyl (C=O) groups is 2. The minimum Gasteiger partial charge on any atom is -0.357 e. The molecule has 0 aromatic heterocycles. The van der Waals surface area contributed by atoms with Crippen LogP contribution in [0, 0.1) is 6.92 Å². The van der Waals surface area contributed by atoms with E-state index >= 15 is 0 Å². The number of aryl methyl sites for hydroxylation is 1. The molecule has 43 heavy (non-hydrogen) atoms. The average Bonchev–Trinajstić information content (AvgIpc) is 3.00. The molecule has 0 aliphatic rings. The Balaban J connectivity index is 1.85. The molecule has 4 aromatic carbocycles. The van der Waals surface area contributed by atoms with E-state index in [4.69, 9.17) is 34.8 Å². The summed E-state index contributed by atoms with van der Waals surface area (Å²) in [5.74, 6) is -1.07. The first-order chi connectivity index (χ1) is 20.5. The van der Waals surface area contributed by atoms with Crippen LogP contribution in [-0.2, 0) is 32.6 Å². The quantitative estimate of drug-likeness (QED) is 0.198. The fourth-order valence-corrected chi connectivity index (χ4v) is 6.83. The van der Waals surface area contributed by atoms with Gasteiger partial charge in [-0.25, -0.2) is 8.42 Å². The monoisotopic (exact) mass is 657 g/mol. The zero-order valence-electron chi connectivity index (χ0n) is 23.5. The maximum Gasteiger partial charge on any atom is 0.264 e. The maximum absolute atomic E-state index is 14.4. The van der Waals surface area contributed by atoms with Gasteiger partial charge in [-0.3, -0.25) is 13.9 Å². The smallest absolute Gasteiger partial charge is 0.264 e. The molecule has 4 rings (SSSR count). The van der Waals surface area contributed by atoms with Crippen molar-refractivity contribution in [1.82, 2.24) is 10.2 Å². The predicted molar refractivity (Wildman–Crippen MR) is 172 cm³/mol. The summed E-state index contributed by atoms with van der Waals surface area (Å²) < 4.78 is 29.1. The molecular formula is C32H30Cl3N3O4S. The molecule has 11 heteroatoms. The zero-order valence-corrected chi connectivity index (χ0v) is 26.6. The number of halogens is 3. The van der Waals surface area contributed by atoms with E-state index in [9.17, 15) is 18.0 Å². The zero-order chi connectivity index (χ0) is 31.1. The lowest BCUT2D eigenvalue weighted by Crippen LogP contribution is -2.53. The van der Waals surface area contributed by atoms with Crippen molar-refractivity contribution in [2.75, 3.05) is 17.9 Å². The lowest BCUT2D eigenvalue weighted by Gasteiger charge is -2.34.